The summed E-state index contributed by atoms with van der Waals surface area (Å²) in [4.78, 5) is 23.2. The molecule has 0 spiro atoms. The van der Waals surface area contributed by atoms with E-state index in [9.17, 15) is 30.0 Å². The molecule has 0 bridgehead atoms. The summed E-state index contributed by atoms with van der Waals surface area (Å²) in [7, 11) is 0. The smallest absolute Gasteiger partial charge is 0.194 e. The highest BCUT2D eigenvalue weighted by Gasteiger charge is 2.44. The summed E-state index contributed by atoms with van der Waals surface area (Å²) in [5.41, 5.74) is -0.422. The summed E-state index contributed by atoms with van der Waals surface area (Å²) in [6.45, 7) is 0. The van der Waals surface area contributed by atoms with Gasteiger partial charge in [-0.1, -0.05) is 12.2 Å². The third-order valence-corrected chi connectivity index (χ3v) is 2.75. The Morgan fingerprint density at radius 1 is 0.938 bits per heavy atom. The Hall–Kier alpha value is -1.34. The highest BCUT2D eigenvalue weighted by atomic mass is 16.4. The van der Waals surface area contributed by atoms with Crippen LogP contribution < -0.4 is 0 Å². The van der Waals surface area contributed by atoms with Crippen molar-refractivity contribution in [2.24, 2.45) is 0 Å². The molecule has 0 aromatic rings. The number of Topliss-reactive ketones (excluding diaryl/α,β-unsaturated/α-hetero) is 2. The number of allylic oxidation sites excluding steroid dienone is 1. The molecule has 0 fully saturated rings. The summed E-state index contributed by atoms with van der Waals surface area (Å²) in [6, 6.07) is 0. The number of hydrogen-bond donors (Lipinski definition) is 4. The minimum atomic E-state index is -1.90. The van der Waals surface area contributed by atoms with Crippen molar-refractivity contribution in [2.75, 3.05) is 0 Å². The van der Waals surface area contributed by atoms with Crippen LogP contribution in [0.15, 0.2) is 23.3 Å². The summed E-state index contributed by atoms with van der Waals surface area (Å²) in [6.07, 6.45) is -4.50. The van der Waals surface area contributed by atoms with Gasteiger partial charge in [0.25, 0.3) is 0 Å². The van der Waals surface area contributed by atoms with Crippen LogP contribution in [0.25, 0.3) is 0 Å². The van der Waals surface area contributed by atoms with Gasteiger partial charge < -0.3 is 20.4 Å². The fourth-order valence-corrected chi connectivity index (χ4v) is 1.83. The molecule has 0 aliphatic heterocycles. The lowest BCUT2D eigenvalue weighted by Gasteiger charge is -2.18. The zero-order chi connectivity index (χ0) is 12.0. The molecule has 4 atom stereocenters. The van der Waals surface area contributed by atoms with Crippen LogP contribution in [-0.4, -0.2) is 56.4 Å². The van der Waals surface area contributed by atoms with E-state index in [1.54, 1.807) is 0 Å². The van der Waals surface area contributed by atoms with Gasteiger partial charge >= 0.3 is 0 Å². The number of ketones is 2. The molecule has 4 unspecified atom stereocenters. The molecule has 86 valence electrons. The first-order valence-electron chi connectivity index (χ1n) is 4.68. The molecule has 2 rings (SSSR count). The fraction of sp³-hybridized carbons (Fsp3) is 0.400. The molecule has 2 aliphatic carbocycles. The minimum Gasteiger partial charge on any atom is -0.387 e. The number of aliphatic hydroxyl groups is 4. The van der Waals surface area contributed by atoms with E-state index in [-0.39, 0.29) is 11.1 Å². The maximum Gasteiger partial charge on any atom is 0.194 e. The average Bonchev–Trinajstić information content (AvgIpc) is 2.63. The normalized spacial score (nSPS) is 39.0. The molecule has 0 amide bonds. The van der Waals surface area contributed by atoms with Crippen LogP contribution in [0, 0.1) is 0 Å². The summed E-state index contributed by atoms with van der Waals surface area (Å²) in [5, 5.41) is 37.6. The maximum absolute atomic E-state index is 11.6. The number of aliphatic hydroxyl groups excluding tert-OH is 4. The monoisotopic (exact) mass is 226 g/mol. The van der Waals surface area contributed by atoms with Crippen molar-refractivity contribution in [2.45, 2.75) is 24.4 Å². The lowest BCUT2D eigenvalue weighted by atomic mass is 10.0. The third kappa shape index (κ3) is 1.35. The molecule has 6 heteroatoms. The van der Waals surface area contributed by atoms with Crippen LogP contribution in [0.2, 0.25) is 0 Å². The van der Waals surface area contributed by atoms with Gasteiger partial charge in [-0.15, -0.1) is 0 Å². The van der Waals surface area contributed by atoms with E-state index >= 15 is 0 Å². The van der Waals surface area contributed by atoms with Crippen LogP contribution >= 0.6 is 0 Å². The van der Waals surface area contributed by atoms with Crippen molar-refractivity contribution in [3.8, 4) is 0 Å². The number of rotatable bonds is 0. The zero-order valence-electron chi connectivity index (χ0n) is 8.07. The second kappa shape index (κ2) is 3.60. The largest absolute Gasteiger partial charge is 0.387 e. The first-order chi connectivity index (χ1) is 7.45. The molecule has 0 saturated carbocycles. The van der Waals surface area contributed by atoms with Crippen LogP contribution in [-0.2, 0) is 9.59 Å². The molecule has 2 aliphatic rings. The quantitative estimate of drug-likeness (QED) is 0.361. The van der Waals surface area contributed by atoms with Gasteiger partial charge in [0.15, 0.2) is 11.6 Å². The standard InChI is InChI=1S/C10H10O6/c11-4-2-1-3-5(4)7(13)9(15)10(16)8(14)6(3)12/h1-2,4,8-11,14-16H. The summed E-state index contributed by atoms with van der Waals surface area (Å²) < 4.78 is 0. The van der Waals surface area contributed by atoms with Gasteiger partial charge in [-0.2, -0.15) is 0 Å². The predicted octanol–water partition coefficient (Wildman–Crippen LogP) is -2.55. The number of carbonyl (C=O) groups excluding carboxylic acids is 2. The molecule has 16 heavy (non-hydrogen) atoms. The lowest BCUT2D eigenvalue weighted by Crippen LogP contribution is -2.44. The van der Waals surface area contributed by atoms with Gasteiger partial charge in [0.05, 0.1) is 0 Å². The van der Waals surface area contributed by atoms with E-state index in [2.05, 4.69) is 0 Å². The summed E-state index contributed by atoms with van der Waals surface area (Å²) in [5.74, 6) is -1.81. The Morgan fingerprint density at radius 3 is 2.12 bits per heavy atom. The van der Waals surface area contributed by atoms with Crippen LogP contribution in [0.5, 0.6) is 0 Å². The van der Waals surface area contributed by atoms with Gasteiger partial charge in [0.1, 0.15) is 24.4 Å². The van der Waals surface area contributed by atoms with Crippen molar-refractivity contribution in [3.05, 3.63) is 23.3 Å². The minimum absolute atomic E-state index is 0.152. The molecule has 0 aromatic carbocycles. The predicted molar refractivity (Wildman–Crippen MR) is 50.2 cm³/mol. The first-order valence-corrected chi connectivity index (χ1v) is 4.68. The van der Waals surface area contributed by atoms with E-state index in [4.69, 9.17) is 0 Å². The Bertz CT molecular complexity index is 421. The lowest BCUT2D eigenvalue weighted by molar-refractivity contribution is -0.140. The Labute approximate surface area is 90.1 Å². The molecule has 6 nitrogen and oxygen atoms in total. The second-order valence-corrected chi connectivity index (χ2v) is 3.74. The molecule has 0 saturated heterocycles. The summed E-state index contributed by atoms with van der Waals surface area (Å²) >= 11 is 0. The van der Waals surface area contributed by atoms with E-state index in [0.29, 0.717) is 0 Å². The highest BCUT2D eigenvalue weighted by Crippen LogP contribution is 2.28. The van der Waals surface area contributed by atoms with E-state index in [1.807, 2.05) is 0 Å². The van der Waals surface area contributed by atoms with Gasteiger partial charge in [-0.05, 0) is 0 Å². The molecule has 0 heterocycles. The van der Waals surface area contributed by atoms with Gasteiger partial charge in [0.2, 0.25) is 0 Å². The molecular formula is C10H10O6. The molecule has 0 radical (unpaired) electrons. The van der Waals surface area contributed by atoms with E-state index in [1.165, 1.54) is 12.2 Å². The van der Waals surface area contributed by atoms with Crippen molar-refractivity contribution < 1.29 is 30.0 Å². The number of hydrogen-bond acceptors (Lipinski definition) is 6. The topological polar surface area (TPSA) is 115 Å². The van der Waals surface area contributed by atoms with Crippen LogP contribution in [0.3, 0.4) is 0 Å². The van der Waals surface area contributed by atoms with Crippen molar-refractivity contribution in [1.82, 2.24) is 0 Å². The van der Waals surface area contributed by atoms with Crippen molar-refractivity contribution in [1.29, 1.82) is 0 Å². The Kier molecular flexibility index (Phi) is 2.51. The first kappa shape index (κ1) is 11.2. The third-order valence-electron chi connectivity index (χ3n) is 2.75. The molecule has 4 N–H and O–H groups in total. The van der Waals surface area contributed by atoms with Crippen LogP contribution in [0.1, 0.15) is 0 Å². The zero-order valence-corrected chi connectivity index (χ0v) is 8.07. The van der Waals surface area contributed by atoms with Gasteiger partial charge in [-0.25, -0.2) is 0 Å². The maximum atomic E-state index is 11.6. The Morgan fingerprint density at radius 2 is 1.50 bits per heavy atom. The fourth-order valence-electron chi connectivity index (χ4n) is 1.83. The average molecular weight is 226 g/mol. The second-order valence-electron chi connectivity index (χ2n) is 3.74. The van der Waals surface area contributed by atoms with E-state index < -0.39 is 36.0 Å². The number of carbonyl (C=O) groups is 2. The van der Waals surface area contributed by atoms with Gasteiger partial charge in [-0.3, -0.25) is 9.59 Å². The van der Waals surface area contributed by atoms with Crippen molar-refractivity contribution >= 4 is 11.6 Å². The van der Waals surface area contributed by atoms with Crippen LogP contribution in [0.4, 0.5) is 0 Å². The van der Waals surface area contributed by atoms with Gasteiger partial charge in [0, 0.05) is 11.1 Å². The highest BCUT2D eigenvalue weighted by molar-refractivity contribution is 6.15. The van der Waals surface area contributed by atoms with Crippen molar-refractivity contribution in [3.63, 3.8) is 0 Å². The molecular weight excluding hydrogens is 216 g/mol. The SMILES string of the molecule is O=C1C2=C(C(=O)C(O)C(O)C1O)C(O)C=C2. The van der Waals surface area contributed by atoms with E-state index in [0.717, 1.165) is 0 Å². The Balaban J connectivity index is 2.54. The molecule has 0 aromatic heterocycles.